The van der Waals surface area contributed by atoms with Crippen molar-refractivity contribution in [1.82, 2.24) is 0 Å². The first-order chi connectivity index (χ1) is 5.93. The Morgan fingerprint density at radius 3 is 1.77 bits per heavy atom. The van der Waals surface area contributed by atoms with Crippen molar-refractivity contribution in [1.29, 1.82) is 0 Å². The van der Waals surface area contributed by atoms with Crippen molar-refractivity contribution in [2.45, 2.75) is 0 Å². The molecule has 0 saturated carbocycles. The van der Waals surface area contributed by atoms with Crippen LogP contribution in [0.15, 0.2) is 54.6 Å². The maximum atomic E-state index is 5.04. The van der Waals surface area contributed by atoms with Crippen LogP contribution in [0.25, 0.3) is 0 Å². The van der Waals surface area contributed by atoms with Crippen molar-refractivity contribution < 1.29 is 17.1 Å². The van der Waals surface area contributed by atoms with Gasteiger partial charge in [-0.1, -0.05) is 5.56 Å². The summed E-state index contributed by atoms with van der Waals surface area (Å²) in [4.78, 5) is 0. The Morgan fingerprint density at radius 2 is 1.54 bits per heavy atom. The van der Waals surface area contributed by atoms with Crippen LogP contribution in [0.4, 0.5) is 0 Å². The number of hydrogen-bond acceptors (Lipinski definition) is 0. The molecule has 0 saturated heterocycles. The van der Waals surface area contributed by atoms with Gasteiger partial charge in [-0.15, -0.1) is 12.1 Å². The molecule has 0 bridgehead atoms. The first-order valence-corrected chi connectivity index (χ1v) is 3.78. The minimum atomic E-state index is 0. The Balaban J connectivity index is 0.000000215. The van der Waals surface area contributed by atoms with E-state index in [0.717, 1.165) is 5.56 Å². The predicted octanol–water partition coefficient (Wildman–Crippen LogP) is 2.79. The molecule has 13 heavy (non-hydrogen) atoms. The van der Waals surface area contributed by atoms with E-state index in [4.69, 9.17) is 6.42 Å². The van der Waals surface area contributed by atoms with Gasteiger partial charge < -0.3 is 0 Å². The molecule has 0 aliphatic heterocycles. The average molecular weight is 210 g/mol. The van der Waals surface area contributed by atoms with Crippen molar-refractivity contribution in [2.75, 3.05) is 0 Å². The summed E-state index contributed by atoms with van der Waals surface area (Å²) in [6.45, 7) is 0. The van der Waals surface area contributed by atoms with E-state index in [1.807, 2.05) is 54.6 Å². The quantitative estimate of drug-likeness (QED) is 0.356. The van der Waals surface area contributed by atoms with Crippen molar-refractivity contribution in [2.24, 2.45) is 0 Å². The van der Waals surface area contributed by atoms with Gasteiger partial charge in [0.1, 0.15) is 0 Å². The van der Waals surface area contributed by atoms with Crippen LogP contribution in [-0.4, -0.2) is 0 Å². The van der Waals surface area contributed by atoms with Crippen LogP contribution >= 0.6 is 0 Å². The molecule has 0 aliphatic carbocycles. The zero-order chi connectivity index (χ0) is 8.65. The van der Waals surface area contributed by atoms with E-state index < -0.39 is 0 Å². The van der Waals surface area contributed by atoms with Gasteiger partial charge in [0.2, 0.25) is 0 Å². The molecule has 0 nitrogen and oxygen atoms in total. The van der Waals surface area contributed by atoms with E-state index >= 15 is 0 Å². The molecular formula is C12H10Fe+4. The summed E-state index contributed by atoms with van der Waals surface area (Å²) in [5.74, 6) is 2.51. The maximum absolute atomic E-state index is 5.04. The minimum Gasteiger partial charge on any atom is -0.228 e. The standard InChI is InChI=1S/C7H5.C5H5.Fe/c1-2-7-5-3-4-6-7;1-2-4-5-3-1;/h1,3-6H;1-5H;/q2*-1;+6. The zero-order valence-corrected chi connectivity index (χ0v) is 8.23. The number of rotatable bonds is 0. The van der Waals surface area contributed by atoms with E-state index in [9.17, 15) is 0 Å². The molecule has 0 aliphatic rings. The second kappa shape index (κ2) is 7.43. The molecule has 2 aromatic rings. The van der Waals surface area contributed by atoms with Gasteiger partial charge >= 0.3 is 17.1 Å². The van der Waals surface area contributed by atoms with E-state index in [-0.39, 0.29) is 17.1 Å². The second-order valence-electron chi connectivity index (χ2n) is 2.28. The Kier molecular flexibility index (Phi) is 6.73. The topological polar surface area (TPSA) is 0 Å². The Bertz CT molecular complexity index is 291. The summed E-state index contributed by atoms with van der Waals surface area (Å²) in [6, 6.07) is 17.7. The van der Waals surface area contributed by atoms with E-state index in [1.165, 1.54) is 0 Å². The Labute approximate surface area is 89.8 Å². The monoisotopic (exact) mass is 210 g/mol. The number of hydrogen-bond donors (Lipinski definition) is 0. The van der Waals surface area contributed by atoms with Crippen LogP contribution in [0, 0.1) is 12.3 Å². The molecule has 0 fully saturated rings. The first-order valence-electron chi connectivity index (χ1n) is 3.78. The molecule has 0 unspecified atom stereocenters. The Hall–Kier alpha value is -1.22. The van der Waals surface area contributed by atoms with Crippen LogP contribution in [-0.2, 0) is 17.1 Å². The smallest absolute Gasteiger partial charge is 0.228 e. The molecule has 0 radical (unpaired) electrons. The molecule has 0 N–H and O–H groups in total. The number of terminal acetylenes is 1. The largest absolute Gasteiger partial charge is 6.00 e. The van der Waals surface area contributed by atoms with E-state index in [0.29, 0.717) is 0 Å². The Morgan fingerprint density at radius 1 is 1.00 bits per heavy atom. The zero-order valence-electron chi connectivity index (χ0n) is 7.13. The van der Waals surface area contributed by atoms with Gasteiger partial charge in [-0.25, -0.2) is 18.6 Å². The van der Waals surface area contributed by atoms with Crippen LogP contribution in [0.2, 0.25) is 0 Å². The van der Waals surface area contributed by atoms with Crippen molar-refractivity contribution in [3.05, 3.63) is 60.2 Å². The minimum absolute atomic E-state index is 0. The van der Waals surface area contributed by atoms with Crippen molar-refractivity contribution >= 4 is 0 Å². The molecule has 1 heteroatoms. The van der Waals surface area contributed by atoms with Gasteiger partial charge in [0.05, 0.1) is 0 Å². The summed E-state index contributed by atoms with van der Waals surface area (Å²) < 4.78 is 0. The normalized spacial score (nSPS) is 7.31. The summed E-state index contributed by atoms with van der Waals surface area (Å²) in [5.41, 5.74) is 0.958. The summed E-state index contributed by atoms with van der Waals surface area (Å²) >= 11 is 0. The molecule has 0 atom stereocenters. The van der Waals surface area contributed by atoms with Gasteiger partial charge in [0, 0.05) is 0 Å². The van der Waals surface area contributed by atoms with Crippen LogP contribution < -0.4 is 0 Å². The van der Waals surface area contributed by atoms with E-state index in [1.54, 1.807) is 0 Å². The summed E-state index contributed by atoms with van der Waals surface area (Å²) in [7, 11) is 0. The molecule has 0 heterocycles. The van der Waals surface area contributed by atoms with Gasteiger partial charge in [0.25, 0.3) is 0 Å². The molecule has 62 valence electrons. The van der Waals surface area contributed by atoms with Crippen molar-refractivity contribution in [3.63, 3.8) is 0 Å². The van der Waals surface area contributed by atoms with Gasteiger partial charge in [0.15, 0.2) is 0 Å². The van der Waals surface area contributed by atoms with Gasteiger partial charge in [-0.3, -0.25) is 0 Å². The second-order valence-corrected chi connectivity index (χ2v) is 2.28. The van der Waals surface area contributed by atoms with Crippen LogP contribution in [0.5, 0.6) is 0 Å². The van der Waals surface area contributed by atoms with E-state index in [2.05, 4.69) is 5.92 Å². The van der Waals surface area contributed by atoms with Crippen molar-refractivity contribution in [3.8, 4) is 12.3 Å². The SMILES string of the molecule is C#C[c-]1cccc1.[Fe+6].c1cc[cH-]c1. The molecule has 2 rings (SSSR count). The molecule has 2 aromatic carbocycles. The fourth-order valence-corrected chi connectivity index (χ4v) is 0.791. The predicted molar refractivity (Wildman–Crippen MR) is 52.0 cm³/mol. The molecular weight excluding hydrogens is 200 g/mol. The van der Waals surface area contributed by atoms with Crippen LogP contribution in [0.1, 0.15) is 5.56 Å². The summed E-state index contributed by atoms with van der Waals surface area (Å²) in [6.07, 6.45) is 5.04. The molecule has 0 aromatic heterocycles. The average Bonchev–Trinajstić information content (AvgIpc) is 2.81. The third-order valence-corrected chi connectivity index (χ3v) is 1.38. The van der Waals surface area contributed by atoms with Crippen LogP contribution in [0.3, 0.4) is 0 Å². The third kappa shape index (κ3) is 5.09. The van der Waals surface area contributed by atoms with Gasteiger partial charge in [-0.05, 0) is 0 Å². The maximum Gasteiger partial charge on any atom is 6.00 e. The third-order valence-electron chi connectivity index (χ3n) is 1.38. The summed E-state index contributed by atoms with van der Waals surface area (Å²) in [5, 5.41) is 0. The molecule has 0 spiro atoms. The van der Waals surface area contributed by atoms with Gasteiger partial charge in [-0.2, -0.15) is 36.3 Å². The fraction of sp³-hybridized carbons (Fsp3) is 0. The first kappa shape index (κ1) is 11.8. The molecule has 0 amide bonds. The fourth-order valence-electron chi connectivity index (χ4n) is 0.791.